The molecule has 2 aliphatic rings. The largest absolute Gasteiger partial charge is 0.506 e. The second-order valence-electron chi connectivity index (χ2n) is 6.15. The third-order valence-corrected chi connectivity index (χ3v) is 5.75. The number of carbonyl (C=O) groups is 2. The number of phenols is 1. The van der Waals surface area contributed by atoms with Crippen molar-refractivity contribution in [2.75, 3.05) is 10.8 Å². The summed E-state index contributed by atoms with van der Waals surface area (Å²) in [5.41, 5.74) is -0.00167. The maximum absolute atomic E-state index is 15.0. The molecule has 1 aromatic rings. The van der Waals surface area contributed by atoms with Crippen LogP contribution in [0.15, 0.2) is 6.07 Å². The van der Waals surface area contributed by atoms with Crippen molar-refractivity contribution in [3.8, 4) is 5.75 Å². The van der Waals surface area contributed by atoms with Crippen LogP contribution in [-0.4, -0.2) is 43.2 Å². The molecule has 1 aromatic carbocycles. The monoisotopic (exact) mass is 373 g/mol. The molecule has 1 saturated heterocycles. The first-order chi connectivity index (χ1) is 11.6. The second kappa shape index (κ2) is 5.76. The number of carboxylic acid groups (broad SMARTS) is 1. The van der Waals surface area contributed by atoms with E-state index in [9.17, 15) is 23.1 Å². The molecule has 0 saturated carbocycles. The first-order valence-corrected chi connectivity index (χ1v) is 8.91. The zero-order valence-electron chi connectivity index (χ0n) is 13.1. The van der Waals surface area contributed by atoms with E-state index in [-0.39, 0.29) is 17.9 Å². The summed E-state index contributed by atoms with van der Waals surface area (Å²) in [7, 11) is -4.28. The Morgan fingerprint density at radius 2 is 2.16 bits per heavy atom. The summed E-state index contributed by atoms with van der Waals surface area (Å²) in [6, 6.07) is 0.732. The van der Waals surface area contributed by atoms with Gasteiger partial charge < -0.3 is 15.5 Å². The first-order valence-electron chi connectivity index (χ1n) is 7.47. The molecule has 25 heavy (non-hydrogen) atoms. The van der Waals surface area contributed by atoms with Crippen LogP contribution in [-0.2, 0) is 21.4 Å². The fraction of sp³-hybridized carbons (Fsp3) is 0.429. The van der Waals surface area contributed by atoms with Gasteiger partial charge in [0.1, 0.15) is 18.0 Å². The molecule has 1 fully saturated rings. The van der Waals surface area contributed by atoms with Crippen LogP contribution in [0.5, 0.6) is 5.75 Å². The van der Waals surface area contributed by atoms with Crippen LogP contribution in [0.2, 0.25) is 0 Å². The summed E-state index contributed by atoms with van der Waals surface area (Å²) in [6.07, 6.45) is -0.808. The maximum atomic E-state index is 15.0. The van der Waals surface area contributed by atoms with Gasteiger partial charge in [0.25, 0.3) is 5.91 Å². The molecular formula is C14H16FN3O6S. The molecule has 11 heteroatoms. The van der Waals surface area contributed by atoms with Gasteiger partial charge in [0.05, 0.1) is 0 Å². The average Bonchev–Trinajstić information content (AvgIpc) is 2.73. The third-order valence-electron chi connectivity index (χ3n) is 4.37. The number of fused-ring (bicyclic) bond motifs is 1. The number of benzene rings is 1. The number of aromatic hydroxyl groups is 1. The van der Waals surface area contributed by atoms with E-state index in [1.165, 1.54) is 6.07 Å². The number of amides is 2. The van der Waals surface area contributed by atoms with Crippen LogP contribution >= 0.6 is 0 Å². The zero-order chi connectivity index (χ0) is 18.5. The molecule has 0 aromatic heterocycles. The number of nitrogens with zero attached hydrogens (tertiary/aromatic N) is 1. The number of hydrogen-bond donors (Lipinski definition) is 4. The van der Waals surface area contributed by atoms with Crippen LogP contribution in [0.3, 0.4) is 0 Å². The van der Waals surface area contributed by atoms with E-state index in [1.807, 2.05) is 0 Å². The molecular weight excluding hydrogens is 357 g/mol. The molecule has 1 aliphatic carbocycles. The number of nitrogens with one attached hydrogen (secondary N) is 2. The lowest BCUT2D eigenvalue weighted by Crippen LogP contribution is -2.39. The van der Waals surface area contributed by atoms with Crippen molar-refractivity contribution in [2.24, 2.45) is 0 Å². The predicted octanol–water partition coefficient (Wildman–Crippen LogP) is 0.398. The van der Waals surface area contributed by atoms with E-state index in [0.29, 0.717) is 16.3 Å². The summed E-state index contributed by atoms with van der Waals surface area (Å²) in [5.74, 6) is -2.65. The molecule has 4 N–H and O–H groups in total. The van der Waals surface area contributed by atoms with Gasteiger partial charge in [-0.15, -0.1) is 0 Å². The van der Waals surface area contributed by atoms with Gasteiger partial charge in [-0.1, -0.05) is 6.92 Å². The molecule has 136 valence electrons. The van der Waals surface area contributed by atoms with Gasteiger partial charge in [0.15, 0.2) is 5.82 Å². The minimum absolute atomic E-state index is 0.0142. The Morgan fingerprint density at radius 3 is 2.72 bits per heavy atom. The highest BCUT2D eigenvalue weighted by Gasteiger charge is 2.39. The Kier molecular flexibility index (Phi) is 3.98. The van der Waals surface area contributed by atoms with E-state index in [0.717, 1.165) is 0 Å². The summed E-state index contributed by atoms with van der Waals surface area (Å²) in [5, 5.41) is 21.3. The number of phenolic OH excluding ortho intramolecular Hbond substituents is 1. The van der Waals surface area contributed by atoms with Crippen LogP contribution < -0.4 is 14.3 Å². The van der Waals surface area contributed by atoms with Crippen LogP contribution in [0.1, 0.15) is 30.4 Å². The number of halogens is 1. The van der Waals surface area contributed by atoms with Crippen molar-refractivity contribution < 1.29 is 32.6 Å². The molecule has 0 bridgehead atoms. The molecule has 9 nitrogen and oxygen atoms in total. The SMILES string of the molecule is CC1C[C@@H](NC(=O)O)Cc2c1cc(O)c(N1CC(=O)NS1(=O)=O)c2F. The average molecular weight is 373 g/mol. The van der Waals surface area contributed by atoms with Gasteiger partial charge in [-0.3, -0.25) is 4.79 Å². The van der Waals surface area contributed by atoms with Gasteiger partial charge >= 0.3 is 16.3 Å². The smallest absolute Gasteiger partial charge is 0.404 e. The molecule has 2 atom stereocenters. The van der Waals surface area contributed by atoms with Crippen LogP contribution in [0.25, 0.3) is 0 Å². The first kappa shape index (κ1) is 17.3. The Morgan fingerprint density at radius 1 is 1.48 bits per heavy atom. The molecule has 1 aliphatic heterocycles. The molecule has 3 rings (SSSR count). The van der Waals surface area contributed by atoms with Gasteiger partial charge in [-0.25, -0.2) is 18.2 Å². The number of carbonyl (C=O) groups excluding carboxylic acids is 1. The summed E-state index contributed by atoms with van der Waals surface area (Å²) in [4.78, 5) is 22.2. The normalized spacial score (nSPS) is 24.6. The van der Waals surface area contributed by atoms with Gasteiger partial charge in [0, 0.05) is 6.04 Å². The van der Waals surface area contributed by atoms with Crippen molar-refractivity contribution >= 4 is 27.9 Å². The Balaban J connectivity index is 2.09. The molecule has 0 radical (unpaired) electrons. The number of rotatable bonds is 2. The predicted molar refractivity (Wildman–Crippen MR) is 84.2 cm³/mol. The Bertz CT molecular complexity index is 872. The topological polar surface area (TPSA) is 136 Å². The van der Waals surface area contributed by atoms with Crippen molar-refractivity contribution in [2.45, 2.75) is 31.7 Å². The highest BCUT2D eigenvalue weighted by atomic mass is 32.2. The minimum atomic E-state index is -4.28. The number of hydrogen-bond acceptors (Lipinski definition) is 5. The van der Waals surface area contributed by atoms with Crippen molar-refractivity contribution in [1.29, 1.82) is 0 Å². The zero-order valence-corrected chi connectivity index (χ0v) is 13.9. The maximum Gasteiger partial charge on any atom is 0.404 e. The van der Waals surface area contributed by atoms with Crippen LogP contribution in [0.4, 0.5) is 14.9 Å². The van der Waals surface area contributed by atoms with Crippen molar-refractivity contribution in [3.05, 3.63) is 23.0 Å². The Labute approximate surface area is 142 Å². The molecule has 0 spiro atoms. The van der Waals surface area contributed by atoms with Gasteiger partial charge in [-0.2, -0.15) is 8.42 Å². The fourth-order valence-electron chi connectivity index (χ4n) is 3.38. The van der Waals surface area contributed by atoms with E-state index in [1.54, 1.807) is 11.6 Å². The lowest BCUT2D eigenvalue weighted by Gasteiger charge is -2.31. The minimum Gasteiger partial charge on any atom is -0.506 e. The fourth-order valence-corrected chi connectivity index (χ4v) is 4.55. The van der Waals surface area contributed by atoms with E-state index < -0.39 is 52.1 Å². The molecule has 2 amide bonds. The van der Waals surface area contributed by atoms with E-state index in [4.69, 9.17) is 5.11 Å². The quantitative estimate of drug-likeness (QED) is 0.592. The highest BCUT2D eigenvalue weighted by molar-refractivity contribution is 7.92. The van der Waals surface area contributed by atoms with Gasteiger partial charge in [0.2, 0.25) is 0 Å². The Hall–Kier alpha value is -2.56. The van der Waals surface area contributed by atoms with E-state index in [2.05, 4.69) is 5.32 Å². The molecule has 1 unspecified atom stereocenters. The lowest BCUT2D eigenvalue weighted by atomic mass is 9.80. The molecule has 1 heterocycles. The number of anilines is 1. The standard InChI is InChI=1S/C14H16FN3O6S/c1-6-2-7(16-14(21)22)3-9-8(6)4-10(19)13(12(9)15)18-5-11(20)17-25(18,23)24/h4,6-7,16,19H,2-3,5H2,1H3,(H,17,20)(H,21,22)/t6?,7-/m1/s1. The third kappa shape index (κ3) is 2.95. The summed E-state index contributed by atoms with van der Waals surface area (Å²) in [6.45, 7) is 1.11. The van der Waals surface area contributed by atoms with Crippen molar-refractivity contribution in [3.63, 3.8) is 0 Å². The summed E-state index contributed by atoms with van der Waals surface area (Å²) >= 11 is 0. The second-order valence-corrected chi connectivity index (χ2v) is 7.75. The van der Waals surface area contributed by atoms with Crippen molar-refractivity contribution in [1.82, 2.24) is 10.0 Å². The van der Waals surface area contributed by atoms with Gasteiger partial charge in [-0.05, 0) is 36.0 Å². The summed E-state index contributed by atoms with van der Waals surface area (Å²) < 4.78 is 41.1. The lowest BCUT2D eigenvalue weighted by molar-refractivity contribution is -0.117. The van der Waals surface area contributed by atoms with Crippen LogP contribution in [0, 0.1) is 5.82 Å². The van der Waals surface area contributed by atoms with E-state index >= 15 is 4.39 Å². The highest BCUT2D eigenvalue weighted by Crippen LogP contribution is 2.42.